The molecule has 0 aromatic heterocycles. The van der Waals surface area contributed by atoms with Crippen molar-refractivity contribution in [3.8, 4) is 0 Å². The molecule has 0 atom stereocenters. The van der Waals surface area contributed by atoms with Crippen molar-refractivity contribution in [3.05, 3.63) is 77.1 Å². The van der Waals surface area contributed by atoms with E-state index < -0.39 is 7.14 Å². The van der Waals surface area contributed by atoms with E-state index in [0.29, 0.717) is 10.6 Å². The molecular weight excluding hydrogens is 257 g/mol. The van der Waals surface area contributed by atoms with Crippen molar-refractivity contribution < 1.29 is 4.57 Å². The number of hydrogen-bond acceptors (Lipinski definition) is 3. The van der Waals surface area contributed by atoms with Gasteiger partial charge < -0.3 is 4.57 Å². The van der Waals surface area contributed by atoms with Crippen LogP contribution in [0.2, 0.25) is 0 Å². The van der Waals surface area contributed by atoms with Crippen molar-refractivity contribution >= 4 is 17.8 Å². The highest BCUT2D eigenvalue weighted by atomic mass is 31.2. The molecule has 0 N–H and O–H groups in total. The second-order valence-corrected chi connectivity index (χ2v) is 6.80. The average molecular weight is 271 g/mol. The van der Waals surface area contributed by atoms with Crippen molar-refractivity contribution in [2.24, 2.45) is 5.18 Å². The summed E-state index contributed by atoms with van der Waals surface area (Å²) in [4.78, 5) is 10.6. The van der Waals surface area contributed by atoms with Gasteiger partial charge in [0.1, 0.15) is 0 Å². The maximum absolute atomic E-state index is 13.3. The molecule has 19 heavy (non-hydrogen) atoms. The fourth-order valence-electron chi connectivity index (χ4n) is 1.88. The summed E-state index contributed by atoms with van der Waals surface area (Å²) in [6.45, 7) is 1.56. The highest BCUT2D eigenvalue weighted by Crippen LogP contribution is 2.45. The zero-order chi connectivity index (χ0) is 13.7. The van der Waals surface area contributed by atoms with Gasteiger partial charge in [0, 0.05) is 16.4 Å². The smallest absolute Gasteiger partial charge is 0.166 e. The van der Waals surface area contributed by atoms with Gasteiger partial charge in [0.05, 0.1) is 5.70 Å². The Hall–Kier alpha value is -1.99. The van der Waals surface area contributed by atoms with Crippen LogP contribution in [-0.2, 0) is 4.57 Å². The monoisotopic (exact) mass is 271 g/mol. The topological polar surface area (TPSA) is 46.5 Å². The summed E-state index contributed by atoms with van der Waals surface area (Å²) in [5.41, 5.74) is 0.232. The Morgan fingerprint density at radius 3 is 1.74 bits per heavy atom. The van der Waals surface area contributed by atoms with Crippen LogP contribution in [0, 0.1) is 4.91 Å². The van der Waals surface area contributed by atoms with E-state index >= 15 is 0 Å². The molecule has 3 nitrogen and oxygen atoms in total. The van der Waals surface area contributed by atoms with E-state index in [0.717, 1.165) is 0 Å². The lowest BCUT2D eigenvalue weighted by molar-refractivity contribution is 0.592. The van der Waals surface area contributed by atoms with Gasteiger partial charge in [-0.3, -0.25) is 0 Å². The molecule has 0 unspecified atom stereocenters. The van der Waals surface area contributed by atoms with E-state index in [-0.39, 0.29) is 5.70 Å². The molecule has 96 valence electrons. The number of nitroso groups, excluding NO2 is 1. The molecule has 0 aliphatic heterocycles. The van der Waals surface area contributed by atoms with E-state index in [1.165, 1.54) is 5.82 Å². The SMILES string of the molecule is C/C(=C/P(=O)(c1ccccc1)c1ccccc1)N=O. The summed E-state index contributed by atoms with van der Waals surface area (Å²) in [5, 5.41) is 4.26. The molecule has 0 radical (unpaired) electrons. The van der Waals surface area contributed by atoms with Gasteiger partial charge >= 0.3 is 0 Å². The molecule has 0 aliphatic carbocycles. The minimum absolute atomic E-state index is 0.232. The summed E-state index contributed by atoms with van der Waals surface area (Å²) in [7, 11) is -2.95. The Morgan fingerprint density at radius 2 is 1.37 bits per heavy atom. The second-order valence-electron chi connectivity index (χ2n) is 4.19. The van der Waals surface area contributed by atoms with Crippen molar-refractivity contribution in [2.45, 2.75) is 6.92 Å². The summed E-state index contributed by atoms with van der Waals surface area (Å²) < 4.78 is 13.3. The zero-order valence-electron chi connectivity index (χ0n) is 10.6. The van der Waals surface area contributed by atoms with E-state index in [1.807, 2.05) is 60.7 Å². The van der Waals surface area contributed by atoms with Crippen LogP contribution >= 0.6 is 7.14 Å². The number of hydrogen-bond donors (Lipinski definition) is 0. The first-order chi connectivity index (χ1) is 9.16. The Balaban J connectivity index is 2.65. The maximum Gasteiger partial charge on any atom is 0.166 e. The van der Waals surface area contributed by atoms with Gasteiger partial charge in [0.2, 0.25) is 0 Å². The van der Waals surface area contributed by atoms with Crippen LogP contribution in [0.4, 0.5) is 0 Å². The minimum Gasteiger partial charge on any atom is -0.309 e. The van der Waals surface area contributed by atoms with Gasteiger partial charge in [-0.25, -0.2) is 0 Å². The summed E-state index contributed by atoms with van der Waals surface area (Å²) in [6, 6.07) is 18.3. The fraction of sp³-hybridized carbons (Fsp3) is 0.0667. The van der Waals surface area contributed by atoms with E-state index in [4.69, 9.17) is 0 Å². The third kappa shape index (κ3) is 2.88. The molecule has 0 spiro atoms. The Morgan fingerprint density at radius 1 is 0.947 bits per heavy atom. The third-order valence-electron chi connectivity index (χ3n) is 2.79. The first-order valence-electron chi connectivity index (χ1n) is 5.90. The molecule has 0 fully saturated rings. The van der Waals surface area contributed by atoms with Crippen LogP contribution in [0.1, 0.15) is 6.92 Å². The molecular formula is C15H14NO2P. The number of nitrogens with zero attached hydrogens (tertiary/aromatic N) is 1. The summed E-state index contributed by atoms with van der Waals surface area (Å²) in [5.74, 6) is 1.48. The second kappa shape index (κ2) is 5.77. The van der Waals surface area contributed by atoms with Crippen molar-refractivity contribution in [3.63, 3.8) is 0 Å². The van der Waals surface area contributed by atoms with Crippen LogP contribution in [0.15, 0.2) is 77.4 Å². The van der Waals surface area contributed by atoms with Gasteiger partial charge in [-0.1, -0.05) is 60.7 Å². The summed E-state index contributed by atoms with van der Waals surface area (Å²) >= 11 is 0. The molecule has 0 saturated carbocycles. The van der Waals surface area contributed by atoms with Gasteiger partial charge in [-0.2, -0.15) is 0 Å². The Labute approximate surface area is 112 Å². The standard InChI is InChI=1S/C15H14NO2P/c1-13(16-17)12-19(18,14-8-4-2-5-9-14)15-10-6-3-7-11-15/h2-12H,1H3/b13-12-. The normalized spacial score (nSPS) is 12.2. The van der Waals surface area contributed by atoms with Gasteiger partial charge in [-0.05, 0) is 12.1 Å². The zero-order valence-corrected chi connectivity index (χ0v) is 11.5. The fourth-order valence-corrected chi connectivity index (χ4v) is 4.28. The van der Waals surface area contributed by atoms with Crippen LogP contribution in [-0.4, -0.2) is 0 Å². The lowest BCUT2D eigenvalue weighted by atomic mass is 10.4. The van der Waals surface area contributed by atoms with Gasteiger partial charge in [0.25, 0.3) is 0 Å². The van der Waals surface area contributed by atoms with E-state index in [1.54, 1.807) is 6.92 Å². The first kappa shape index (κ1) is 13.4. The molecule has 0 heterocycles. The third-order valence-corrected chi connectivity index (χ3v) is 5.66. The molecule has 2 aromatic carbocycles. The van der Waals surface area contributed by atoms with Crippen LogP contribution in [0.25, 0.3) is 0 Å². The minimum atomic E-state index is -2.95. The predicted octanol–water partition coefficient (Wildman–Crippen LogP) is 3.63. The molecule has 4 heteroatoms. The predicted molar refractivity (Wildman–Crippen MR) is 79.3 cm³/mol. The number of rotatable bonds is 4. The number of benzene rings is 2. The lowest BCUT2D eigenvalue weighted by Gasteiger charge is -2.15. The van der Waals surface area contributed by atoms with Crippen LogP contribution < -0.4 is 10.6 Å². The van der Waals surface area contributed by atoms with Crippen LogP contribution in [0.5, 0.6) is 0 Å². The van der Waals surface area contributed by atoms with Gasteiger partial charge in [-0.15, -0.1) is 4.91 Å². The highest BCUT2D eigenvalue weighted by Gasteiger charge is 2.24. The maximum atomic E-state index is 13.3. The molecule has 0 amide bonds. The Bertz CT molecular complexity index is 592. The van der Waals surface area contributed by atoms with Crippen molar-refractivity contribution in [1.29, 1.82) is 0 Å². The quantitative estimate of drug-likeness (QED) is 0.629. The Kier molecular flexibility index (Phi) is 4.08. The molecule has 0 saturated heterocycles. The molecule has 2 aromatic rings. The largest absolute Gasteiger partial charge is 0.309 e. The molecule has 0 bridgehead atoms. The summed E-state index contributed by atoms with van der Waals surface area (Å²) in [6.07, 6.45) is 0. The van der Waals surface area contributed by atoms with Crippen molar-refractivity contribution in [2.75, 3.05) is 0 Å². The van der Waals surface area contributed by atoms with E-state index in [9.17, 15) is 9.47 Å². The number of allylic oxidation sites excluding steroid dienone is 1. The highest BCUT2D eigenvalue weighted by molar-refractivity contribution is 7.81. The van der Waals surface area contributed by atoms with Gasteiger partial charge in [0.15, 0.2) is 7.14 Å². The van der Waals surface area contributed by atoms with E-state index in [2.05, 4.69) is 5.18 Å². The lowest BCUT2D eigenvalue weighted by Crippen LogP contribution is -2.14. The van der Waals surface area contributed by atoms with Crippen molar-refractivity contribution in [1.82, 2.24) is 0 Å². The van der Waals surface area contributed by atoms with Crippen LogP contribution in [0.3, 0.4) is 0 Å². The first-order valence-corrected chi connectivity index (χ1v) is 7.68. The molecule has 2 rings (SSSR count). The average Bonchev–Trinajstić information content (AvgIpc) is 2.48. The molecule has 0 aliphatic rings.